The molecule has 0 spiro atoms. The number of nitrogens with zero attached hydrogens (tertiary/aromatic N) is 1. The van der Waals surface area contributed by atoms with E-state index in [0.717, 1.165) is 0 Å². The van der Waals surface area contributed by atoms with Crippen molar-refractivity contribution >= 4 is 56.3 Å². The molecule has 0 saturated carbocycles. The number of carbonyl (C=O) groups is 2. The topological polar surface area (TPSA) is 131 Å². The van der Waals surface area contributed by atoms with Gasteiger partial charge >= 0.3 is 5.97 Å². The first-order chi connectivity index (χ1) is 14.6. The minimum absolute atomic E-state index is 0.00895. The molecular weight excluding hydrogens is 460 g/mol. The van der Waals surface area contributed by atoms with E-state index in [1.165, 1.54) is 28.8 Å². The van der Waals surface area contributed by atoms with E-state index in [9.17, 15) is 18.0 Å². The molecule has 8 nitrogen and oxygen atoms in total. The fourth-order valence-corrected chi connectivity index (χ4v) is 4.74. The van der Waals surface area contributed by atoms with Gasteiger partial charge in [0.25, 0.3) is 5.91 Å². The van der Waals surface area contributed by atoms with Crippen LogP contribution in [0.5, 0.6) is 0 Å². The summed E-state index contributed by atoms with van der Waals surface area (Å²) in [5.74, 6) is -0.0518. The zero-order valence-electron chi connectivity index (χ0n) is 16.3. The summed E-state index contributed by atoms with van der Waals surface area (Å²) in [7, 11) is -3.77. The lowest BCUT2D eigenvalue weighted by molar-refractivity contribution is -0.137. The van der Waals surface area contributed by atoms with Crippen LogP contribution in [0, 0.1) is 0 Å². The van der Waals surface area contributed by atoms with E-state index in [1.807, 2.05) is 0 Å². The molecule has 31 heavy (non-hydrogen) atoms. The number of primary sulfonamides is 1. The number of carbonyl (C=O) groups excluding carboxylic acids is 1. The summed E-state index contributed by atoms with van der Waals surface area (Å²) in [4.78, 5) is 25.2. The zero-order chi connectivity index (χ0) is 22.6. The highest BCUT2D eigenvalue weighted by Gasteiger charge is 2.31. The highest BCUT2D eigenvalue weighted by atomic mass is 32.2. The molecule has 1 aromatic heterocycles. The van der Waals surface area contributed by atoms with Crippen molar-refractivity contribution in [3.63, 3.8) is 0 Å². The van der Waals surface area contributed by atoms with Crippen molar-refractivity contribution < 1.29 is 27.5 Å². The lowest BCUT2D eigenvalue weighted by Gasteiger charge is -2.13. The van der Waals surface area contributed by atoms with Crippen LogP contribution in [0.1, 0.15) is 31.4 Å². The maximum atomic E-state index is 12.6. The molecular formula is C20H20N2O6S3. The Balaban J connectivity index is 1.65. The van der Waals surface area contributed by atoms with E-state index in [-0.39, 0.29) is 17.2 Å². The number of nitrogens with two attached hydrogens (primary N) is 1. The number of hydrogen-bond donors (Lipinski definition) is 2. The Bertz CT molecular complexity index is 1140. The first kappa shape index (κ1) is 23.2. The SMILES string of the molecule is NS(=O)(=O)c1ccc(-c2ccc(/C=C3\SC(=S)N(CCCCCC(=O)O)C3=O)o2)cc1. The molecule has 0 aliphatic carbocycles. The van der Waals surface area contributed by atoms with Crippen molar-refractivity contribution in [2.75, 3.05) is 6.54 Å². The average molecular weight is 481 g/mol. The summed E-state index contributed by atoms with van der Waals surface area (Å²) in [6.45, 7) is 0.446. The van der Waals surface area contributed by atoms with Gasteiger partial charge < -0.3 is 9.52 Å². The van der Waals surface area contributed by atoms with Gasteiger partial charge in [0.05, 0.1) is 9.80 Å². The highest BCUT2D eigenvalue weighted by Crippen LogP contribution is 2.34. The van der Waals surface area contributed by atoms with Gasteiger partial charge in [-0.1, -0.05) is 30.4 Å². The number of amides is 1. The molecule has 2 heterocycles. The Labute approximate surface area is 189 Å². The molecule has 0 atom stereocenters. The second kappa shape index (κ2) is 9.77. The minimum atomic E-state index is -3.77. The standard InChI is InChI=1S/C20H20N2O6S3/c21-31(26,27)15-8-5-13(6-9-15)16-10-7-14(28-16)12-17-19(25)22(20(29)30-17)11-3-1-2-4-18(23)24/h5-10,12H,1-4,11H2,(H,23,24)(H2,21,26,27)/b17-12-. The molecule has 1 aromatic carbocycles. The largest absolute Gasteiger partial charge is 0.481 e. The number of benzene rings is 1. The number of hydrogen-bond acceptors (Lipinski definition) is 7. The number of aliphatic carboxylic acids is 1. The number of rotatable bonds is 9. The molecule has 0 radical (unpaired) electrons. The fourth-order valence-electron chi connectivity index (χ4n) is 2.94. The van der Waals surface area contributed by atoms with Gasteiger partial charge in [0.1, 0.15) is 15.8 Å². The van der Waals surface area contributed by atoms with Crippen LogP contribution in [0.15, 0.2) is 50.6 Å². The predicted molar refractivity (Wildman–Crippen MR) is 122 cm³/mol. The molecule has 11 heteroatoms. The zero-order valence-corrected chi connectivity index (χ0v) is 18.8. The predicted octanol–water partition coefficient (Wildman–Crippen LogP) is 3.44. The van der Waals surface area contributed by atoms with Gasteiger partial charge in [-0.3, -0.25) is 14.5 Å². The number of sulfonamides is 1. The lowest BCUT2D eigenvalue weighted by Crippen LogP contribution is -2.29. The quantitative estimate of drug-likeness (QED) is 0.317. The molecule has 0 unspecified atom stereocenters. The van der Waals surface area contributed by atoms with Crippen molar-refractivity contribution in [2.45, 2.75) is 30.6 Å². The van der Waals surface area contributed by atoms with E-state index in [0.29, 0.717) is 52.1 Å². The first-order valence-corrected chi connectivity index (χ1v) is 12.1. The van der Waals surface area contributed by atoms with Crippen LogP contribution in [-0.2, 0) is 19.6 Å². The molecule has 2 aromatic rings. The van der Waals surface area contributed by atoms with Gasteiger partial charge in [0, 0.05) is 24.6 Å². The van der Waals surface area contributed by atoms with Crippen LogP contribution < -0.4 is 5.14 Å². The molecule has 3 rings (SSSR count). The number of thioether (sulfide) groups is 1. The number of carboxylic acid groups (broad SMARTS) is 1. The smallest absolute Gasteiger partial charge is 0.303 e. The Hall–Kier alpha value is -2.47. The third-order valence-corrected chi connectivity index (χ3v) is 6.82. The third-order valence-electron chi connectivity index (χ3n) is 4.51. The summed E-state index contributed by atoms with van der Waals surface area (Å²) in [5, 5.41) is 13.8. The van der Waals surface area contributed by atoms with Gasteiger partial charge in [0.15, 0.2) is 0 Å². The van der Waals surface area contributed by atoms with Crippen molar-refractivity contribution in [2.24, 2.45) is 5.14 Å². The molecule has 1 amide bonds. The van der Waals surface area contributed by atoms with Crippen LogP contribution >= 0.6 is 24.0 Å². The van der Waals surface area contributed by atoms with E-state index in [2.05, 4.69) is 0 Å². The summed E-state index contributed by atoms with van der Waals surface area (Å²) >= 11 is 6.49. The average Bonchev–Trinajstić information content (AvgIpc) is 3.27. The van der Waals surface area contributed by atoms with Gasteiger partial charge in [-0.2, -0.15) is 0 Å². The number of thiocarbonyl (C=S) groups is 1. The molecule has 1 aliphatic heterocycles. The van der Waals surface area contributed by atoms with Crippen LogP contribution in [-0.4, -0.2) is 41.2 Å². The molecule has 1 fully saturated rings. The van der Waals surface area contributed by atoms with Gasteiger partial charge in [0.2, 0.25) is 10.0 Å². The second-order valence-corrected chi connectivity index (χ2v) is 10.0. The molecule has 164 valence electrons. The van der Waals surface area contributed by atoms with Crippen LogP contribution in [0.3, 0.4) is 0 Å². The number of carboxylic acids is 1. The highest BCUT2D eigenvalue weighted by molar-refractivity contribution is 8.26. The first-order valence-electron chi connectivity index (χ1n) is 9.35. The van der Waals surface area contributed by atoms with Crippen LogP contribution in [0.25, 0.3) is 17.4 Å². The Kier molecular flexibility index (Phi) is 7.31. The molecule has 0 bridgehead atoms. The van der Waals surface area contributed by atoms with Crippen molar-refractivity contribution in [3.05, 3.63) is 47.1 Å². The van der Waals surface area contributed by atoms with Gasteiger partial charge in [-0.05, 0) is 49.2 Å². The van der Waals surface area contributed by atoms with E-state index >= 15 is 0 Å². The van der Waals surface area contributed by atoms with Gasteiger partial charge in [-0.15, -0.1) is 0 Å². The van der Waals surface area contributed by atoms with Gasteiger partial charge in [-0.25, -0.2) is 13.6 Å². The van der Waals surface area contributed by atoms with Crippen molar-refractivity contribution in [1.82, 2.24) is 4.90 Å². The van der Waals surface area contributed by atoms with Crippen molar-refractivity contribution in [1.29, 1.82) is 0 Å². The number of unbranched alkanes of at least 4 members (excludes halogenated alkanes) is 2. The van der Waals surface area contributed by atoms with E-state index in [4.69, 9.17) is 26.9 Å². The van der Waals surface area contributed by atoms with E-state index in [1.54, 1.807) is 30.3 Å². The molecule has 3 N–H and O–H groups in total. The summed E-state index contributed by atoms with van der Waals surface area (Å²) in [6.07, 6.45) is 3.67. The van der Waals surface area contributed by atoms with Crippen LogP contribution in [0.4, 0.5) is 0 Å². The van der Waals surface area contributed by atoms with Crippen molar-refractivity contribution in [3.8, 4) is 11.3 Å². The third kappa shape index (κ3) is 6.03. The normalized spacial score (nSPS) is 15.8. The Morgan fingerprint density at radius 2 is 1.87 bits per heavy atom. The summed E-state index contributed by atoms with van der Waals surface area (Å²) in [6, 6.07) is 9.41. The molecule has 1 saturated heterocycles. The monoisotopic (exact) mass is 480 g/mol. The number of furan rings is 1. The Morgan fingerprint density at radius 1 is 1.16 bits per heavy atom. The lowest BCUT2D eigenvalue weighted by atomic mass is 10.2. The summed E-state index contributed by atoms with van der Waals surface area (Å²) < 4.78 is 29.0. The van der Waals surface area contributed by atoms with Crippen LogP contribution in [0.2, 0.25) is 0 Å². The minimum Gasteiger partial charge on any atom is -0.481 e. The Morgan fingerprint density at radius 3 is 2.52 bits per heavy atom. The second-order valence-electron chi connectivity index (χ2n) is 6.81. The van der Waals surface area contributed by atoms with E-state index < -0.39 is 16.0 Å². The molecule has 1 aliphatic rings. The maximum absolute atomic E-state index is 12.6. The fraction of sp³-hybridized carbons (Fsp3) is 0.250. The maximum Gasteiger partial charge on any atom is 0.303 e. The summed E-state index contributed by atoms with van der Waals surface area (Å²) in [5.41, 5.74) is 0.668.